The van der Waals surface area contributed by atoms with E-state index in [1.165, 1.54) is 23.5 Å². The van der Waals surface area contributed by atoms with Gasteiger partial charge in [0.1, 0.15) is 0 Å². The zero-order valence-electron chi connectivity index (χ0n) is 11.4. The molecule has 0 aliphatic carbocycles. The molecule has 0 aliphatic heterocycles. The Bertz CT molecular complexity index is 668. The molecule has 112 valence electrons. The first-order valence-electron chi connectivity index (χ1n) is 6.49. The summed E-state index contributed by atoms with van der Waals surface area (Å²) in [5.74, 6) is -0.441. The van der Waals surface area contributed by atoms with E-state index < -0.39 is 9.84 Å². The van der Waals surface area contributed by atoms with E-state index in [0.29, 0.717) is 13.0 Å². The van der Waals surface area contributed by atoms with Crippen LogP contribution in [-0.4, -0.2) is 31.6 Å². The Morgan fingerprint density at radius 2 is 2.00 bits per heavy atom. The van der Waals surface area contributed by atoms with Gasteiger partial charge < -0.3 is 5.32 Å². The van der Waals surface area contributed by atoms with Crippen LogP contribution in [0.2, 0.25) is 0 Å². The first kappa shape index (κ1) is 15.7. The minimum atomic E-state index is -3.40. The maximum absolute atomic E-state index is 12.0. The fraction of sp³-hybridized carbons (Fsp3) is 0.286. The summed E-state index contributed by atoms with van der Waals surface area (Å²) in [7, 11) is -3.40. The van der Waals surface area contributed by atoms with Crippen molar-refractivity contribution in [3.05, 3.63) is 46.9 Å². The number of thiazole rings is 1. The molecule has 1 heterocycles. The molecule has 21 heavy (non-hydrogen) atoms. The van der Waals surface area contributed by atoms with Crippen LogP contribution in [0.1, 0.15) is 12.1 Å². The third kappa shape index (κ3) is 4.95. The molecule has 2 rings (SSSR count). The van der Waals surface area contributed by atoms with Crippen molar-refractivity contribution in [1.29, 1.82) is 0 Å². The average Bonchev–Trinajstić information content (AvgIpc) is 2.99. The highest BCUT2D eigenvalue weighted by Gasteiger charge is 2.15. The first-order chi connectivity index (χ1) is 10.1. The zero-order valence-corrected chi connectivity index (χ0v) is 13.0. The molecular formula is C14H16N2O3S2. The van der Waals surface area contributed by atoms with Gasteiger partial charge in [0.2, 0.25) is 5.91 Å². The number of carbonyl (C=O) groups excluding carboxylic acids is 1. The predicted molar refractivity (Wildman–Crippen MR) is 81.9 cm³/mol. The molecular weight excluding hydrogens is 308 g/mol. The van der Waals surface area contributed by atoms with Crippen molar-refractivity contribution in [3.8, 4) is 0 Å². The van der Waals surface area contributed by atoms with E-state index in [-0.39, 0.29) is 23.0 Å². The second-order valence-electron chi connectivity index (χ2n) is 4.46. The van der Waals surface area contributed by atoms with Crippen LogP contribution in [0.25, 0.3) is 0 Å². The van der Waals surface area contributed by atoms with E-state index >= 15 is 0 Å². The Labute approximate surface area is 128 Å². The molecule has 0 fully saturated rings. The van der Waals surface area contributed by atoms with Gasteiger partial charge in [-0.2, -0.15) is 0 Å². The van der Waals surface area contributed by atoms with Gasteiger partial charge in [0.05, 0.1) is 21.9 Å². The maximum Gasteiger partial charge on any atom is 0.221 e. The first-order valence-corrected chi connectivity index (χ1v) is 9.09. The minimum absolute atomic E-state index is 0.0334. The quantitative estimate of drug-likeness (QED) is 0.840. The number of aromatic nitrogens is 1. The number of carbonyl (C=O) groups is 1. The molecule has 1 aromatic carbocycles. The van der Waals surface area contributed by atoms with E-state index in [0.717, 1.165) is 5.69 Å². The third-order valence-electron chi connectivity index (χ3n) is 2.89. The number of hydrogen-bond acceptors (Lipinski definition) is 5. The minimum Gasteiger partial charge on any atom is -0.356 e. The van der Waals surface area contributed by atoms with Crippen molar-refractivity contribution in [2.45, 2.75) is 17.7 Å². The van der Waals surface area contributed by atoms with Crippen LogP contribution >= 0.6 is 11.3 Å². The summed E-state index contributed by atoms with van der Waals surface area (Å²) in [6.45, 7) is 0.466. The molecule has 0 unspecified atom stereocenters. The molecule has 0 atom stereocenters. The lowest BCUT2D eigenvalue weighted by atomic mass is 10.3. The van der Waals surface area contributed by atoms with E-state index in [1.54, 1.807) is 23.7 Å². The van der Waals surface area contributed by atoms with Gasteiger partial charge in [-0.25, -0.2) is 13.4 Å². The molecule has 1 N–H and O–H groups in total. The molecule has 2 aromatic rings. The number of sulfone groups is 1. The molecule has 5 nitrogen and oxygen atoms in total. The standard InChI is InChI=1S/C14H16N2O3S2/c17-14(15-8-6-12-10-20-11-16-12)7-9-21(18,19)13-4-2-1-3-5-13/h1-5,10-11H,6-9H2,(H,15,17). The largest absolute Gasteiger partial charge is 0.356 e. The number of rotatable bonds is 7. The molecule has 0 spiro atoms. The van der Waals surface area contributed by atoms with Crippen molar-refractivity contribution in [2.75, 3.05) is 12.3 Å². The van der Waals surface area contributed by atoms with Crippen molar-refractivity contribution < 1.29 is 13.2 Å². The van der Waals surface area contributed by atoms with Gasteiger partial charge in [-0.05, 0) is 12.1 Å². The molecule has 0 saturated heterocycles. The second-order valence-corrected chi connectivity index (χ2v) is 7.29. The predicted octanol–water partition coefficient (Wildman–Crippen LogP) is 1.67. The summed E-state index contributed by atoms with van der Waals surface area (Å²) < 4.78 is 24.0. The highest BCUT2D eigenvalue weighted by molar-refractivity contribution is 7.91. The van der Waals surface area contributed by atoms with Crippen molar-refractivity contribution in [2.24, 2.45) is 0 Å². The van der Waals surface area contributed by atoms with Crippen LogP contribution in [0.3, 0.4) is 0 Å². The van der Waals surface area contributed by atoms with Gasteiger partial charge in [0.15, 0.2) is 9.84 Å². The number of nitrogens with zero attached hydrogens (tertiary/aromatic N) is 1. The summed E-state index contributed by atoms with van der Waals surface area (Å²) >= 11 is 1.51. The van der Waals surface area contributed by atoms with Crippen molar-refractivity contribution >= 4 is 27.1 Å². The van der Waals surface area contributed by atoms with Gasteiger partial charge in [-0.1, -0.05) is 18.2 Å². The topological polar surface area (TPSA) is 76.1 Å². The van der Waals surface area contributed by atoms with Gasteiger partial charge >= 0.3 is 0 Å². The van der Waals surface area contributed by atoms with E-state index in [2.05, 4.69) is 10.3 Å². The number of hydrogen-bond donors (Lipinski definition) is 1. The van der Waals surface area contributed by atoms with Gasteiger partial charge in [-0.15, -0.1) is 11.3 Å². The van der Waals surface area contributed by atoms with Crippen LogP contribution in [-0.2, 0) is 21.1 Å². The van der Waals surface area contributed by atoms with Crippen LogP contribution in [0, 0.1) is 0 Å². The van der Waals surface area contributed by atoms with E-state index in [4.69, 9.17) is 0 Å². The SMILES string of the molecule is O=C(CCS(=O)(=O)c1ccccc1)NCCc1cscn1. The van der Waals surface area contributed by atoms with Gasteiger partial charge in [-0.3, -0.25) is 4.79 Å². The van der Waals surface area contributed by atoms with Gasteiger partial charge in [0.25, 0.3) is 0 Å². The Morgan fingerprint density at radius 3 is 2.67 bits per heavy atom. The fourth-order valence-corrected chi connectivity index (χ4v) is 3.61. The fourth-order valence-electron chi connectivity index (χ4n) is 1.75. The Kier molecular flexibility index (Phi) is 5.46. The summed E-state index contributed by atoms with van der Waals surface area (Å²) in [6.07, 6.45) is 0.620. The summed E-state index contributed by atoms with van der Waals surface area (Å²) in [4.78, 5) is 16.0. The summed E-state index contributed by atoms with van der Waals surface area (Å²) in [5.41, 5.74) is 2.67. The normalized spacial score (nSPS) is 11.2. The molecule has 0 saturated carbocycles. The third-order valence-corrected chi connectivity index (χ3v) is 5.25. The van der Waals surface area contributed by atoms with Crippen LogP contribution in [0.4, 0.5) is 0 Å². The monoisotopic (exact) mass is 324 g/mol. The molecule has 1 aromatic heterocycles. The van der Waals surface area contributed by atoms with Gasteiger partial charge in [0, 0.05) is 24.8 Å². The van der Waals surface area contributed by atoms with Crippen LogP contribution in [0.15, 0.2) is 46.1 Å². The van der Waals surface area contributed by atoms with E-state index in [1.807, 2.05) is 5.38 Å². The van der Waals surface area contributed by atoms with Crippen molar-refractivity contribution in [1.82, 2.24) is 10.3 Å². The van der Waals surface area contributed by atoms with Crippen LogP contribution < -0.4 is 5.32 Å². The Balaban J connectivity index is 1.76. The second kappa shape index (κ2) is 7.33. The lowest BCUT2D eigenvalue weighted by Gasteiger charge is -2.05. The lowest BCUT2D eigenvalue weighted by molar-refractivity contribution is -0.120. The van der Waals surface area contributed by atoms with Crippen molar-refractivity contribution in [3.63, 3.8) is 0 Å². The van der Waals surface area contributed by atoms with Crippen LogP contribution in [0.5, 0.6) is 0 Å². The Morgan fingerprint density at radius 1 is 1.24 bits per heavy atom. The lowest BCUT2D eigenvalue weighted by Crippen LogP contribution is -2.27. The highest BCUT2D eigenvalue weighted by Crippen LogP contribution is 2.10. The Hall–Kier alpha value is -1.73. The number of nitrogens with one attached hydrogen (secondary N) is 1. The zero-order chi connectivity index (χ0) is 15.1. The molecule has 0 radical (unpaired) electrons. The molecule has 1 amide bonds. The molecule has 0 bridgehead atoms. The number of amides is 1. The molecule has 7 heteroatoms. The molecule has 0 aliphatic rings. The summed E-state index contributed by atoms with van der Waals surface area (Å²) in [6, 6.07) is 8.16. The average molecular weight is 324 g/mol. The smallest absolute Gasteiger partial charge is 0.221 e. The highest BCUT2D eigenvalue weighted by atomic mass is 32.2. The summed E-state index contributed by atoms with van der Waals surface area (Å²) in [5, 5.41) is 4.63. The number of benzene rings is 1. The maximum atomic E-state index is 12.0. The van der Waals surface area contributed by atoms with E-state index in [9.17, 15) is 13.2 Å².